The van der Waals surface area contributed by atoms with Crippen LogP contribution in [0.2, 0.25) is 0 Å². The van der Waals surface area contributed by atoms with E-state index in [2.05, 4.69) is 32.0 Å². The van der Waals surface area contributed by atoms with Crippen molar-refractivity contribution < 1.29 is 4.79 Å². The predicted molar refractivity (Wildman–Crippen MR) is 74.6 cm³/mol. The monoisotopic (exact) mass is 245 g/mol. The Morgan fingerprint density at radius 3 is 2.50 bits per heavy atom. The number of hydrogen-bond acceptors (Lipinski definition) is 2. The summed E-state index contributed by atoms with van der Waals surface area (Å²) in [6, 6.07) is 6.26. The fourth-order valence-corrected chi connectivity index (χ4v) is 2.85. The molecule has 1 aromatic carbocycles. The number of ketones is 1. The third-order valence-electron chi connectivity index (χ3n) is 4.12. The molecule has 18 heavy (non-hydrogen) atoms. The van der Waals surface area contributed by atoms with Crippen LogP contribution < -0.4 is 5.73 Å². The molecule has 0 amide bonds. The number of rotatable bonds is 4. The Kier molecular flexibility index (Phi) is 3.86. The van der Waals surface area contributed by atoms with Crippen LogP contribution in [-0.2, 0) is 11.2 Å². The number of aryl methyl sites for hydroxylation is 2. The van der Waals surface area contributed by atoms with Crippen LogP contribution in [0.5, 0.6) is 0 Å². The van der Waals surface area contributed by atoms with Crippen LogP contribution in [0.4, 0.5) is 0 Å². The van der Waals surface area contributed by atoms with Gasteiger partial charge in [0, 0.05) is 18.4 Å². The quantitative estimate of drug-likeness (QED) is 0.886. The number of carbonyl (C=O) groups excluding carboxylic acids is 1. The molecule has 2 nitrogen and oxygen atoms in total. The summed E-state index contributed by atoms with van der Waals surface area (Å²) in [4.78, 5) is 12.1. The van der Waals surface area contributed by atoms with Gasteiger partial charge < -0.3 is 5.73 Å². The highest BCUT2D eigenvalue weighted by molar-refractivity contribution is 5.82. The van der Waals surface area contributed by atoms with Crippen LogP contribution in [0.25, 0.3) is 0 Å². The number of carbonyl (C=O) groups is 1. The molecule has 0 radical (unpaired) electrons. The Labute approximate surface area is 110 Å². The molecule has 98 valence electrons. The zero-order valence-electron chi connectivity index (χ0n) is 11.5. The van der Waals surface area contributed by atoms with Gasteiger partial charge in [0.15, 0.2) is 0 Å². The molecule has 0 bridgehead atoms. The summed E-state index contributed by atoms with van der Waals surface area (Å²) >= 11 is 0. The molecule has 0 aliphatic heterocycles. The molecule has 0 aromatic heterocycles. The summed E-state index contributed by atoms with van der Waals surface area (Å²) in [5.74, 6) is 0.280. The third kappa shape index (κ3) is 3.20. The highest BCUT2D eigenvalue weighted by Crippen LogP contribution is 2.30. The zero-order valence-corrected chi connectivity index (χ0v) is 11.5. The van der Waals surface area contributed by atoms with E-state index in [9.17, 15) is 4.79 Å². The van der Waals surface area contributed by atoms with Gasteiger partial charge in [-0.3, -0.25) is 4.79 Å². The zero-order chi connectivity index (χ0) is 13.2. The molecule has 1 aliphatic rings. The minimum absolute atomic E-state index is 0.211. The van der Waals surface area contributed by atoms with E-state index in [4.69, 9.17) is 5.73 Å². The van der Waals surface area contributed by atoms with E-state index in [0.29, 0.717) is 12.8 Å². The summed E-state index contributed by atoms with van der Waals surface area (Å²) in [6.07, 6.45) is 5.43. The first kappa shape index (κ1) is 13.3. The van der Waals surface area contributed by atoms with Gasteiger partial charge >= 0.3 is 0 Å². The molecule has 0 saturated heterocycles. The van der Waals surface area contributed by atoms with Crippen molar-refractivity contribution in [2.45, 2.75) is 57.9 Å². The number of hydrogen-bond donors (Lipinski definition) is 1. The molecule has 1 aliphatic carbocycles. The van der Waals surface area contributed by atoms with Crippen molar-refractivity contribution >= 4 is 5.78 Å². The molecule has 0 unspecified atom stereocenters. The summed E-state index contributed by atoms with van der Waals surface area (Å²) in [7, 11) is 0. The van der Waals surface area contributed by atoms with Gasteiger partial charge in [-0.05, 0) is 43.4 Å². The highest BCUT2D eigenvalue weighted by Gasteiger charge is 2.31. The maximum absolute atomic E-state index is 12.1. The Morgan fingerprint density at radius 2 is 1.89 bits per heavy atom. The molecule has 1 aromatic rings. The number of Topliss-reactive ketones (excluding diaryl/α,β-unsaturated/α-hetero) is 1. The lowest BCUT2D eigenvalue weighted by molar-refractivity contribution is -0.119. The van der Waals surface area contributed by atoms with E-state index >= 15 is 0 Å². The summed E-state index contributed by atoms with van der Waals surface area (Å²) in [5.41, 5.74) is 9.68. The lowest BCUT2D eigenvalue weighted by Gasteiger charge is -2.22. The number of nitrogens with two attached hydrogens (primary N) is 1. The summed E-state index contributed by atoms with van der Waals surface area (Å²) in [6.45, 7) is 4.18. The second-order valence-corrected chi connectivity index (χ2v) is 5.88. The van der Waals surface area contributed by atoms with Crippen LogP contribution in [0.1, 0.15) is 48.8 Å². The standard InChI is InChI=1S/C16H23NO/c1-12-5-6-14(9-13(12)2)10-15(18)11-16(17)7-3-4-8-16/h5-6,9H,3-4,7-8,10-11,17H2,1-2H3. The lowest BCUT2D eigenvalue weighted by Crippen LogP contribution is -2.39. The molecule has 1 fully saturated rings. The average molecular weight is 245 g/mol. The largest absolute Gasteiger partial charge is 0.325 e. The van der Waals surface area contributed by atoms with Gasteiger partial charge in [-0.1, -0.05) is 31.0 Å². The molecule has 2 heteroatoms. The van der Waals surface area contributed by atoms with E-state index in [-0.39, 0.29) is 11.3 Å². The second kappa shape index (κ2) is 5.23. The van der Waals surface area contributed by atoms with E-state index in [1.807, 2.05) is 0 Å². The first-order valence-corrected chi connectivity index (χ1v) is 6.85. The van der Waals surface area contributed by atoms with Crippen LogP contribution in [0.3, 0.4) is 0 Å². The van der Waals surface area contributed by atoms with E-state index < -0.39 is 0 Å². The molecular weight excluding hydrogens is 222 g/mol. The van der Waals surface area contributed by atoms with Gasteiger partial charge in [0.1, 0.15) is 5.78 Å². The Hall–Kier alpha value is -1.15. The molecule has 1 saturated carbocycles. The molecule has 0 atom stereocenters. The maximum Gasteiger partial charge on any atom is 0.139 e. The molecule has 0 heterocycles. The van der Waals surface area contributed by atoms with E-state index in [1.165, 1.54) is 24.0 Å². The fourth-order valence-electron chi connectivity index (χ4n) is 2.85. The maximum atomic E-state index is 12.1. The van der Waals surface area contributed by atoms with E-state index in [0.717, 1.165) is 18.4 Å². The molecule has 2 rings (SSSR count). The topological polar surface area (TPSA) is 43.1 Å². The summed E-state index contributed by atoms with van der Waals surface area (Å²) in [5, 5.41) is 0. The smallest absolute Gasteiger partial charge is 0.139 e. The SMILES string of the molecule is Cc1ccc(CC(=O)CC2(N)CCCC2)cc1C. The van der Waals surface area contributed by atoms with Crippen molar-refractivity contribution in [3.05, 3.63) is 34.9 Å². The number of benzene rings is 1. The van der Waals surface area contributed by atoms with Crippen LogP contribution in [0.15, 0.2) is 18.2 Å². The Bertz CT molecular complexity index is 444. The van der Waals surface area contributed by atoms with Crippen molar-refractivity contribution in [1.82, 2.24) is 0 Å². The highest BCUT2D eigenvalue weighted by atomic mass is 16.1. The van der Waals surface area contributed by atoms with Crippen LogP contribution >= 0.6 is 0 Å². The molecule has 0 spiro atoms. The van der Waals surface area contributed by atoms with Crippen LogP contribution in [0, 0.1) is 13.8 Å². The van der Waals surface area contributed by atoms with E-state index in [1.54, 1.807) is 0 Å². The summed E-state index contributed by atoms with van der Waals surface area (Å²) < 4.78 is 0. The molecule has 2 N–H and O–H groups in total. The lowest BCUT2D eigenvalue weighted by atomic mass is 9.90. The molecular formula is C16H23NO. The predicted octanol–water partition coefficient (Wildman–Crippen LogP) is 3.08. The van der Waals surface area contributed by atoms with Crippen molar-refractivity contribution in [3.8, 4) is 0 Å². The van der Waals surface area contributed by atoms with Gasteiger partial charge in [-0.15, -0.1) is 0 Å². The van der Waals surface area contributed by atoms with Gasteiger partial charge in [0.2, 0.25) is 0 Å². The fraction of sp³-hybridized carbons (Fsp3) is 0.562. The van der Waals surface area contributed by atoms with Gasteiger partial charge in [0.05, 0.1) is 0 Å². The average Bonchev–Trinajstić information content (AvgIpc) is 2.70. The van der Waals surface area contributed by atoms with Crippen molar-refractivity contribution in [2.24, 2.45) is 5.73 Å². The van der Waals surface area contributed by atoms with Gasteiger partial charge in [-0.25, -0.2) is 0 Å². The van der Waals surface area contributed by atoms with Crippen molar-refractivity contribution in [2.75, 3.05) is 0 Å². The first-order valence-electron chi connectivity index (χ1n) is 6.85. The van der Waals surface area contributed by atoms with Gasteiger partial charge in [-0.2, -0.15) is 0 Å². The first-order chi connectivity index (χ1) is 8.48. The van der Waals surface area contributed by atoms with Crippen molar-refractivity contribution in [1.29, 1.82) is 0 Å². The third-order valence-corrected chi connectivity index (χ3v) is 4.12. The van der Waals surface area contributed by atoms with Crippen molar-refractivity contribution in [3.63, 3.8) is 0 Å². The minimum Gasteiger partial charge on any atom is -0.325 e. The normalized spacial score (nSPS) is 17.9. The second-order valence-electron chi connectivity index (χ2n) is 5.88. The Balaban J connectivity index is 1.96. The Morgan fingerprint density at radius 1 is 1.22 bits per heavy atom. The van der Waals surface area contributed by atoms with Gasteiger partial charge in [0.25, 0.3) is 0 Å². The minimum atomic E-state index is -0.211. The van der Waals surface area contributed by atoms with Crippen LogP contribution in [-0.4, -0.2) is 11.3 Å².